The number of rotatable bonds is 4. The van der Waals surface area contributed by atoms with E-state index in [1.165, 1.54) is 36.7 Å². The predicted octanol–water partition coefficient (Wildman–Crippen LogP) is 4.51. The summed E-state index contributed by atoms with van der Waals surface area (Å²) >= 11 is 0. The minimum Gasteiger partial charge on any atom is -0.337 e. The number of amides is 1. The van der Waals surface area contributed by atoms with Crippen molar-refractivity contribution < 1.29 is 27.1 Å². The van der Waals surface area contributed by atoms with Crippen LogP contribution in [0.25, 0.3) is 11.1 Å². The second-order valence-corrected chi connectivity index (χ2v) is 9.14. The number of halogens is 4. The quantitative estimate of drug-likeness (QED) is 0.310. The summed E-state index contributed by atoms with van der Waals surface area (Å²) < 4.78 is 63.6. The lowest BCUT2D eigenvalue weighted by atomic mass is 9.95. The van der Waals surface area contributed by atoms with Crippen LogP contribution in [0.1, 0.15) is 24.0 Å². The summed E-state index contributed by atoms with van der Waals surface area (Å²) in [6.07, 6.45) is 2.67. The van der Waals surface area contributed by atoms with Crippen molar-refractivity contribution in [1.82, 2.24) is 14.9 Å². The number of ether oxygens (including phenoxy) is 1. The van der Waals surface area contributed by atoms with E-state index in [1.807, 2.05) is 4.90 Å². The number of anilines is 2. The Balaban J connectivity index is 1.37. The topological polar surface area (TPSA) is 58.6 Å². The molecule has 6 rings (SSSR count). The second kappa shape index (κ2) is 7.74. The van der Waals surface area contributed by atoms with E-state index in [4.69, 9.17) is 4.74 Å². The summed E-state index contributed by atoms with van der Waals surface area (Å²) in [4.78, 5) is 22.5. The lowest BCUT2D eigenvalue weighted by Gasteiger charge is -2.39. The molecule has 2 fully saturated rings. The van der Waals surface area contributed by atoms with Crippen molar-refractivity contribution in [3.8, 4) is 11.1 Å². The Labute approximate surface area is 198 Å². The Bertz CT molecular complexity index is 1320. The van der Waals surface area contributed by atoms with Crippen LogP contribution in [0.15, 0.2) is 48.8 Å². The lowest BCUT2D eigenvalue weighted by molar-refractivity contribution is -0.258. The van der Waals surface area contributed by atoms with E-state index in [9.17, 15) is 18.0 Å². The number of aromatic nitrogens is 2. The number of carbonyl (C=O) groups excluding carboxylic acids is 1. The number of hydrogen-bond acceptors (Lipinski definition) is 5. The van der Waals surface area contributed by atoms with Gasteiger partial charge in [-0.05, 0) is 30.5 Å². The van der Waals surface area contributed by atoms with Gasteiger partial charge in [0.15, 0.2) is 11.6 Å². The summed E-state index contributed by atoms with van der Waals surface area (Å²) in [5.74, 6) is -4.45. The minimum absolute atomic E-state index is 0.0391. The van der Waals surface area contributed by atoms with Gasteiger partial charge in [-0.1, -0.05) is 24.3 Å². The Morgan fingerprint density at radius 3 is 2.60 bits per heavy atom. The standard InChI is InChI=1S/C25H20F4N4O2/c26-19-3-1-2-17(21(19)27)15-11-30-23(31-12-15)33-13-24(6-7-24)18-5-4-16(10-20(18)33)25(29)22(28)32(14-34)8-9-35-25/h1-5,10-12,14,22H,6-9,13H2. The van der Waals surface area contributed by atoms with Crippen LogP contribution in [0.2, 0.25) is 0 Å². The fraction of sp³-hybridized carbons (Fsp3) is 0.320. The average molecular weight is 484 g/mol. The number of carbonyl (C=O) groups is 1. The zero-order chi connectivity index (χ0) is 24.4. The molecule has 2 aliphatic heterocycles. The molecule has 1 aliphatic carbocycles. The van der Waals surface area contributed by atoms with Gasteiger partial charge in [0, 0.05) is 53.3 Å². The lowest BCUT2D eigenvalue weighted by Crippen LogP contribution is -2.53. The summed E-state index contributed by atoms with van der Waals surface area (Å²) in [5, 5.41) is 0. The van der Waals surface area contributed by atoms with Crippen LogP contribution in [0, 0.1) is 11.6 Å². The van der Waals surface area contributed by atoms with Crippen molar-refractivity contribution in [3.63, 3.8) is 0 Å². The Morgan fingerprint density at radius 2 is 1.89 bits per heavy atom. The molecule has 0 radical (unpaired) electrons. The maximum absolute atomic E-state index is 15.7. The van der Waals surface area contributed by atoms with E-state index in [1.54, 1.807) is 6.07 Å². The largest absolute Gasteiger partial charge is 0.337 e. The van der Waals surface area contributed by atoms with Crippen molar-refractivity contribution in [2.45, 2.75) is 30.4 Å². The summed E-state index contributed by atoms with van der Waals surface area (Å²) in [6, 6.07) is 8.67. The van der Waals surface area contributed by atoms with E-state index in [0.717, 1.165) is 29.4 Å². The molecule has 1 aromatic heterocycles. The molecule has 10 heteroatoms. The van der Waals surface area contributed by atoms with Crippen LogP contribution in [-0.4, -0.2) is 47.3 Å². The molecule has 180 valence electrons. The van der Waals surface area contributed by atoms with Crippen LogP contribution in [0.5, 0.6) is 0 Å². The van der Waals surface area contributed by atoms with Crippen LogP contribution < -0.4 is 4.90 Å². The van der Waals surface area contributed by atoms with Crippen LogP contribution in [0.3, 0.4) is 0 Å². The molecule has 2 atom stereocenters. The zero-order valence-electron chi connectivity index (χ0n) is 18.4. The second-order valence-electron chi connectivity index (χ2n) is 9.14. The van der Waals surface area contributed by atoms with Gasteiger partial charge in [-0.25, -0.2) is 27.5 Å². The highest BCUT2D eigenvalue weighted by molar-refractivity contribution is 5.73. The molecule has 2 aromatic carbocycles. The smallest absolute Gasteiger partial charge is 0.286 e. The van der Waals surface area contributed by atoms with Gasteiger partial charge in [-0.15, -0.1) is 0 Å². The molecule has 2 unspecified atom stereocenters. The predicted molar refractivity (Wildman–Crippen MR) is 118 cm³/mol. The molecular weight excluding hydrogens is 464 g/mol. The molecule has 3 aromatic rings. The molecular formula is C25H20F4N4O2. The summed E-state index contributed by atoms with van der Waals surface area (Å²) in [7, 11) is 0. The third-order valence-corrected chi connectivity index (χ3v) is 7.10. The van der Waals surface area contributed by atoms with Gasteiger partial charge in [0.1, 0.15) is 0 Å². The highest BCUT2D eigenvalue weighted by atomic mass is 19.2. The molecule has 1 saturated carbocycles. The van der Waals surface area contributed by atoms with E-state index < -0.39 is 23.8 Å². The fourth-order valence-electron chi connectivity index (χ4n) is 4.99. The van der Waals surface area contributed by atoms with Crippen LogP contribution in [-0.2, 0) is 20.8 Å². The van der Waals surface area contributed by atoms with Crippen molar-refractivity contribution >= 4 is 18.0 Å². The molecule has 1 spiro atoms. The van der Waals surface area contributed by atoms with E-state index in [2.05, 4.69) is 9.97 Å². The number of hydrogen-bond donors (Lipinski definition) is 0. The van der Waals surface area contributed by atoms with Gasteiger partial charge in [0.2, 0.25) is 18.7 Å². The Hall–Kier alpha value is -3.53. The molecule has 6 nitrogen and oxygen atoms in total. The first-order valence-electron chi connectivity index (χ1n) is 11.2. The van der Waals surface area contributed by atoms with Gasteiger partial charge < -0.3 is 14.5 Å². The first-order valence-corrected chi connectivity index (χ1v) is 11.2. The van der Waals surface area contributed by atoms with Gasteiger partial charge in [-0.2, -0.15) is 0 Å². The van der Waals surface area contributed by atoms with Crippen molar-refractivity contribution in [2.24, 2.45) is 0 Å². The number of fused-ring (bicyclic) bond motifs is 2. The highest BCUT2D eigenvalue weighted by Crippen LogP contribution is 2.58. The first kappa shape index (κ1) is 22.0. The third-order valence-electron chi connectivity index (χ3n) is 7.10. The van der Waals surface area contributed by atoms with Crippen molar-refractivity contribution in [1.29, 1.82) is 0 Å². The van der Waals surface area contributed by atoms with E-state index in [0.29, 0.717) is 23.7 Å². The number of alkyl halides is 2. The summed E-state index contributed by atoms with van der Waals surface area (Å²) in [5.41, 5.74) is 1.80. The normalized spacial score (nSPS) is 24.5. The van der Waals surface area contributed by atoms with Gasteiger partial charge >= 0.3 is 0 Å². The molecule has 1 amide bonds. The SMILES string of the molecule is O=CN1CCOC(F)(c2ccc3c(c2)N(c2ncc(-c4cccc(F)c4F)cn2)CC32CC2)C1F. The van der Waals surface area contributed by atoms with Crippen molar-refractivity contribution in [2.75, 3.05) is 24.6 Å². The van der Waals surface area contributed by atoms with Gasteiger partial charge in [0.25, 0.3) is 5.85 Å². The third kappa shape index (κ3) is 3.30. The number of nitrogens with zero attached hydrogens (tertiary/aromatic N) is 4. The van der Waals surface area contributed by atoms with Gasteiger partial charge in [0.05, 0.1) is 6.61 Å². The molecule has 35 heavy (non-hydrogen) atoms. The van der Waals surface area contributed by atoms with Gasteiger partial charge in [-0.3, -0.25) is 4.79 Å². The van der Waals surface area contributed by atoms with Crippen molar-refractivity contribution in [3.05, 3.63) is 71.6 Å². The molecule has 0 N–H and O–H groups in total. The molecule has 3 heterocycles. The number of benzene rings is 2. The number of morpholine rings is 1. The fourth-order valence-corrected chi connectivity index (χ4v) is 4.99. The highest BCUT2D eigenvalue weighted by Gasteiger charge is 2.54. The zero-order valence-corrected chi connectivity index (χ0v) is 18.4. The maximum Gasteiger partial charge on any atom is 0.286 e. The molecule has 1 saturated heterocycles. The monoisotopic (exact) mass is 484 g/mol. The average Bonchev–Trinajstić information content (AvgIpc) is 3.59. The van der Waals surface area contributed by atoms with Crippen LogP contribution >= 0.6 is 0 Å². The van der Waals surface area contributed by atoms with E-state index in [-0.39, 0.29) is 36.1 Å². The molecule has 3 aliphatic rings. The maximum atomic E-state index is 15.7. The van der Waals surface area contributed by atoms with E-state index >= 15 is 4.39 Å². The minimum atomic E-state index is -2.81. The molecule has 0 bridgehead atoms. The van der Waals surface area contributed by atoms with Crippen LogP contribution in [0.4, 0.5) is 29.2 Å². The Morgan fingerprint density at radius 1 is 1.11 bits per heavy atom. The Kier molecular flexibility index (Phi) is 4.86. The summed E-state index contributed by atoms with van der Waals surface area (Å²) in [6.45, 7) is 0.378. The first-order chi connectivity index (χ1) is 16.9.